The third kappa shape index (κ3) is 6.02. The summed E-state index contributed by atoms with van der Waals surface area (Å²) in [5, 5.41) is 12.4. The first-order chi connectivity index (χ1) is 14.4. The van der Waals surface area contributed by atoms with Crippen LogP contribution in [0.5, 0.6) is 0 Å². The number of hydrogen-bond acceptors (Lipinski definition) is 7. The van der Waals surface area contributed by atoms with Crippen molar-refractivity contribution in [1.82, 2.24) is 20.0 Å². The minimum Gasteiger partial charge on any atom is -0.394 e. The number of nitrogens with zero attached hydrogens (tertiary/aromatic N) is 2. The van der Waals surface area contributed by atoms with Crippen molar-refractivity contribution in [2.45, 2.75) is 49.0 Å². The van der Waals surface area contributed by atoms with Crippen molar-refractivity contribution in [3.8, 4) is 0 Å². The summed E-state index contributed by atoms with van der Waals surface area (Å²) >= 11 is 0. The average molecular weight is 438 g/mol. The van der Waals surface area contributed by atoms with Gasteiger partial charge in [-0.05, 0) is 43.2 Å². The molecule has 11 heteroatoms. The van der Waals surface area contributed by atoms with Crippen LogP contribution in [0.25, 0.3) is 0 Å². The third-order valence-corrected chi connectivity index (χ3v) is 6.25. The molecule has 3 atom stereocenters. The second-order valence-corrected chi connectivity index (χ2v) is 8.63. The molecule has 2 aromatic rings. The number of amides is 1. The number of sulfonamides is 1. The van der Waals surface area contributed by atoms with Crippen LogP contribution in [0.3, 0.4) is 0 Å². The zero-order valence-corrected chi connectivity index (χ0v) is 16.9. The van der Waals surface area contributed by atoms with Crippen LogP contribution < -0.4 is 10.0 Å². The molecule has 0 bridgehead atoms. The molecule has 2 heterocycles. The maximum Gasteiger partial charge on any atom is 0.240 e. The molecule has 0 spiro atoms. The minimum absolute atomic E-state index is 0.0770. The van der Waals surface area contributed by atoms with E-state index in [0.29, 0.717) is 18.5 Å². The molecule has 1 aliphatic heterocycles. The van der Waals surface area contributed by atoms with Gasteiger partial charge in [0.1, 0.15) is 12.1 Å². The molecule has 1 amide bonds. The average Bonchev–Trinajstić information content (AvgIpc) is 2.74. The van der Waals surface area contributed by atoms with E-state index in [4.69, 9.17) is 4.74 Å². The number of nitrogens with one attached hydrogen (secondary N) is 2. The zero-order chi connectivity index (χ0) is 21.6. The molecule has 3 rings (SSSR count). The van der Waals surface area contributed by atoms with Gasteiger partial charge in [0.05, 0.1) is 48.4 Å². The Bertz CT molecular complexity index is 943. The largest absolute Gasteiger partial charge is 0.394 e. The van der Waals surface area contributed by atoms with Gasteiger partial charge in [-0.1, -0.05) is 0 Å². The lowest BCUT2D eigenvalue weighted by atomic mass is 9.98. The molecule has 1 aromatic carbocycles. The number of rotatable bonds is 8. The van der Waals surface area contributed by atoms with Crippen molar-refractivity contribution in [3.05, 3.63) is 54.4 Å². The monoisotopic (exact) mass is 438 g/mol. The van der Waals surface area contributed by atoms with Gasteiger partial charge in [0.25, 0.3) is 0 Å². The molecule has 1 aromatic heterocycles. The van der Waals surface area contributed by atoms with Crippen LogP contribution in [-0.2, 0) is 26.1 Å². The summed E-state index contributed by atoms with van der Waals surface area (Å²) in [6, 6.07) is 5.49. The quantitative estimate of drug-likeness (QED) is 0.547. The number of carbonyl (C=O) groups is 1. The molecular formula is C19H23FN4O5S. The minimum atomic E-state index is -3.90. The fourth-order valence-electron chi connectivity index (χ4n) is 3.19. The van der Waals surface area contributed by atoms with Gasteiger partial charge in [0.15, 0.2) is 0 Å². The lowest BCUT2D eigenvalue weighted by Crippen LogP contribution is -2.51. The number of aliphatic hydroxyl groups excluding tert-OH is 1. The fourth-order valence-corrected chi connectivity index (χ4v) is 4.49. The Morgan fingerprint density at radius 2 is 2.00 bits per heavy atom. The highest BCUT2D eigenvalue weighted by atomic mass is 32.2. The first-order valence-corrected chi connectivity index (χ1v) is 10.9. The molecule has 0 unspecified atom stereocenters. The fraction of sp³-hybridized carbons (Fsp3) is 0.421. The van der Waals surface area contributed by atoms with E-state index in [2.05, 4.69) is 20.0 Å². The Balaban J connectivity index is 1.53. The van der Waals surface area contributed by atoms with Crippen molar-refractivity contribution in [3.63, 3.8) is 0 Å². The van der Waals surface area contributed by atoms with Crippen LogP contribution >= 0.6 is 0 Å². The molecule has 0 aliphatic carbocycles. The molecule has 0 radical (unpaired) electrons. The van der Waals surface area contributed by atoms with E-state index in [0.717, 1.165) is 12.1 Å². The summed E-state index contributed by atoms with van der Waals surface area (Å²) in [5.74, 6) is -0.773. The van der Waals surface area contributed by atoms with E-state index in [9.17, 15) is 22.7 Å². The number of ether oxygens (including phenoxy) is 1. The van der Waals surface area contributed by atoms with Crippen LogP contribution in [0, 0.1) is 5.82 Å². The van der Waals surface area contributed by atoms with Gasteiger partial charge in [-0.2, -0.15) is 0 Å². The molecule has 1 fully saturated rings. The summed E-state index contributed by atoms with van der Waals surface area (Å²) in [6.07, 6.45) is 2.64. The Morgan fingerprint density at radius 3 is 2.67 bits per heavy atom. The zero-order valence-electron chi connectivity index (χ0n) is 16.1. The summed E-state index contributed by atoms with van der Waals surface area (Å²) in [6.45, 7) is -0.146. The maximum absolute atomic E-state index is 13.0. The lowest BCUT2D eigenvalue weighted by molar-refractivity contribution is -0.130. The topological polar surface area (TPSA) is 131 Å². The third-order valence-electron chi connectivity index (χ3n) is 4.75. The maximum atomic E-state index is 13.0. The van der Waals surface area contributed by atoms with Crippen molar-refractivity contribution in [2.75, 3.05) is 6.61 Å². The van der Waals surface area contributed by atoms with Crippen LogP contribution in [0.15, 0.2) is 47.8 Å². The number of hydrogen-bond donors (Lipinski definition) is 3. The summed E-state index contributed by atoms with van der Waals surface area (Å²) in [5.41, 5.74) is 0.673. The van der Waals surface area contributed by atoms with Crippen LogP contribution in [0.2, 0.25) is 0 Å². The van der Waals surface area contributed by atoms with Crippen molar-refractivity contribution >= 4 is 15.9 Å². The standard InChI is InChI=1S/C19H23FN4O5S/c20-13-1-4-16(5-2-13)30(27,28)24-17-6-3-15(29-18(17)11-25)9-19(26)22-10-14-7-8-21-12-23-14/h1-2,4-5,7-8,12,15,17-18,24-25H,3,6,9-11H2,(H,22,26)/t15-,17+,18-/m0/s1. The normalized spacial score (nSPS) is 21.9. The van der Waals surface area contributed by atoms with E-state index < -0.39 is 40.7 Å². The van der Waals surface area contributed by atoms with E-state index in [1.807, 2.05) is 0 Å². The number of halogens is 1. The lowest BCUT2D eigenvalue weighted by Gasteiger charge is -2.35. The number of aliphatic hydroxyl groups is 1. The smallest absolute Gasteiger partial charge is 0.240 e. The first-order valence-electron chi connectivity index (χ1n) is 9.43. The van der Waals surface area contributed by atoms with Crippen molar-refractivity contribution < 1.29 is 27.4 Å². The van der Waals surface area contributed by atoms with E-state index in [-0.39, 0.29) is 23.8 Å². The summed E-state index contributed by atoms with van der Waals surface area (Å²) in [7, 11) is -3.90. The second-order valence-electron chi connectivity index (χ2n) is 6.92. The number of carbonyl (C=O) groups excluding carboxylic acids is 1. The molecule has 9 nitrogen and oxygen atoms in total. The van der Waals surface area contributed by atoms with Gasteiger partial charge in [-0.3, -0.25) is 4.79 Å². The highest BCUT2D eigenvalue weighted by Crippen LogP contribution is 2.23. The summed E-state index contributed by atoms with van der Waals surface area (Å²) < 4.78 is 46.3. The number of aromatic nitrogens is 2. The van der Waals surface area contributed by atoms with Gasteiger partial charge in [0, 0.05) is 6.20 Å². The van der Waals surface area contributed by atoms with E-state index >= 15 is 0 Å². The van der Waals surface area contributed by atoms with Crippen LogP contribution in [-0.4, -0.2) is 54.3 Å². The van der Waals surface area contributed by atoms with Gasteiger partial charge in [-0.25, -0.2) is 27.5 Å². The highest BCUT2D eigenvalue weighted by Gasteiger charge is 2.34. The number of benzene rings is 1. The van der Waals surface area contributed by atoms with E-state index in [1.54, 1.807) is 12.3 Å². The molecule has 0 saturated carbocycles. The predicted octanol–water partition coefficient (Wildman–Crippen LogP) is 0.509. The SMILES string of the molecule is O=C(C[C@@H]1CC[C@@H](NS(=O)(=O)c2ccc(F)cc2)[C@H](CO)O1)NCc1ccncn1. The van der Waals surface area contributed by atoms with E-state index in [1.165, 1.54) is 18.5 Å². The van der Waals surface area contributed by atoms with Gasteiger partial charge >= 0.3 is 0 Å². The molecule has 1 saturated heterocycles. The molecule has 30 heavy (non-hydrogen) atoms. The molecule has 1 aliphatic rings. The van der Waals surface area contributed by atoms with Gasteiger partial charge < -0.3 is 15.2 Å². The summed E-state index contributed by atoms with van der Waals surface area (Å²) in [4.78, 5) is 19.9. The van der Waals surface area contributed by atoms with Crippen molar-refractivity contribution in [2.24, 2.45) is 0 Å². The van der Waals surface area contributed by atoms with Gasteiger partial charge in [-0.15, -0.1) is 0 Å². The predicted molar refractivity (Wildman–Crippen MR) is 104 cm³/mol. The Kier molecular flexibility index (Phi) is 7.43. The molecule has 3 N–H and O–H groups in total. The second kappa shape index (κ2) is 10.0. The first kappa shape index (κ1) is 22.2. The van der Waals surface area contributed by atoms with Crippen LogP contribution in [0.4, 0.5) is 4.39 Å². The molecular weight excluding hydrogens is 415 g/mol. The Hall–Kier alpha value is -2.47. The highest BCUT2D eigenvalue weighted by molar-refractivity contribution is 7.89. The van der Waals surface area contributed by atoms with Crippen LogP contribution in [0.1, 0.15) is 25.0 Å². The molecule has 162 valence electrons. The van der Waals surface area contributed by atoms with Crippen molar-refractivity contribution in [1.29, 1.82) is 0 Å². The Morgan fingerprint density at radius 1 is 1.23 bits per heavy atom. The van der Waals surface area contributed by atoms with Gasteiger partial charge in [0.2, 0.25) is 15.9 Å². The Labute approximate surface area is 173 Å².